The number of hydrogen-bond acceptors (Lipinski definition) is 9. The van der Waals surface area contributed by atoms with Crippen molar-refractivity contribution in [1.82, 2.24) is 9.80 Å². The van der Waals surface area contributed by atoms with E-state index in [0.29, 0.717) is 66.1 Å². The maximum absolute atomic E-state index is 13.1. The number of esters is 1. The highest BCUT2D eigenvalue weighted by Gasteiger charge is 2.40. The number of piperidine rings is 2. The van der Waals surface area contributed by atoms with Crippen molar-refractivity contribution in [3.8, 4) is 0 Å². The first-order valence-corrected chi connectivity index (χ1v) is 25.2. The number of aliphatic hydroxyl groups excluding tert-OH is 1. The highest BCUT2D eigenvalue weighted by Crippen LogP contribution is 2.38. The molecule has 6 rings (SSSR count). The van der Waals surface area contributed by atoms with Crippen molar-refractivity contribution < 1.29 is 48.0 Å². The first kappa shape index (κ1) is 57.0. The highest BCUT2D eigenvalue weighted by molar-refractivity contribution is 6.30. The number of benzene rings is 4. The maximum Gasteiger partial charge on any atom is 0.332 e. The molecule has 2 saturated heterocycles. The third-order valence-corrected chi connectivity index (χ3v) is 13.3. The van der Waals surface area contributed by atoms with E-state index in [1.165, 1.54) is 75.4 Å². The van der Waals surface area contributed by atoms with Gasteiger partial charge in [0.2, 0.25) is 0 Å². The predicted molar refractivity (Wildman–Crippen MR) is 268 cm³/mol. The van der Waals surface area contributed by atoms with Crippen LogP contribution in [0.1, 0.15) is 148 Å². The van der Waals surface area contributed by atoms with Gasteiger partial charge in [-0.1, -0.05) is 92.9 Å². The van der Waals surface area contributed by atoms with Gasteiger partial charge in [-0.25, -0.2) is 13.6 Å². The first-order chi connectivity index (χ1) is 33.0. The second kappa shape index (κ2) is 29.6. The van der Waals surface area contributed by atoms with Crippen molar-refractivity contribution in [2.24, 2.45) is 0 Å². The van der Waals surface area contributed by atoms with Crippen LogP contribution < -0.4 is 0 Å². The zero-order chi connectivity index (χ0) is 50.2. The summed E-state index contributed by atoms with van der Waals surface area (Å²) in [5.74, 6) is -1.90. The quantitative estimate of drug-likeness (QED) is 0.0395. The van der Waals surface area contributed by atoms with E-state index in [1.807, 2.05) is 48.5 Å². The van der Waals surface area contributed by atoms with Crippen LogP contribution in [0.15, 0.2) is 97.1 Å². The van der Waals surface area contributed by atoms with Crippen molar-refractivity contribution in [3.63, 3.8) is 0 Å². The molecular weight excluding hydrogens is 926 g/mol. The molecule has 0 radical (unpaired) electrons. The topological polar surface area (TPSA) is 145 Å². The molecule has 0 aliphatic carbocycles. The van der Waals surface area contributed by atoms with Crippen molar-refractivity contribution >= 4 is 46.7 Å². The van der Waals surface area contributed by atoms with Crippen LogP contribution in [0.25, 0.3) is 0 Å². The van der Waals surface area contributed by atoms with Gasteiger partial charge in [0.25, 0.3) is 0 Å². The summed E-state index contributed by atoms with van der Waals surface area (Å²) in [7, 11) is 0. The molecule has 0 saturated carbocycles. The van der Waals surface area contributed by atoms with Gasteiger partial charge < -0.3 is 29.9 Å². The molecule has 14 heteroatoms. The lowest BCUT2D eigenvalue weighted by Crippen LogP contribution is -2.45. The van der Waals surface area contributed by atoms with Crippen LogP contribution in [0, 0.1) is 11.6 Å². The Labute approximate surface area is 417 Å². The van der Waals surface area contributed by atoms with Crippen LogP contribution in [0.2, 0.25) is 10.0 Å². The van der Waals surface area contributed by atoms with Gasteiger partial charge in [-0.15, -0.1) is 0 Å². The predicted octanol–water partition coefficient (Wildman–Crippen LogP) is 12.0. The minimum absolute atomic E-state index is 0.0341. The number of carboxylic acids is 1. The fraction of sp³-hybridized carbons (Fsp3) is 0.491. The zero-order valence-corrected chi connectivity index (χ0v) is 41.7. The molecule has 2 aliphatic rings. The first-order valence-electron chi connectivity index (χ1n) is 24.4. The Hall–Kier alpha value is -4.56. The summed E-state index contributed by atoms with van der Waals surface area (Å²) < 4.78 is 32.2. The number of halogens is 4. The van der Waals surface area contributed by atoms with Crippen LogP contribution in [0.3, 0.4) is 0 Å². The second-order valence-electron chi connectivity index (χ2n) is 18.1. The van der Waals surface area contributed by atoms with Gasteiger partial charge >= 0.3 is 11.9 Å². The Morgan fingerprint density at radius 1 is 0.594 bits per heavy atom. The lowest BCUT2D eigenvalue weighted by molar-refractivity contribution is -0.167. The number of carbonyl (C=O) groups excluding carboxylic acids is 3. The van der Waals surface area contributed by atoms with E-state index < -0.39 is 23.3 Å². The number of unbranched alkanes of at least 4 members (excludes halogenated alkanes) is 6. The monoisotopic (exact) mass is 994 g/mol. The lowest BCUT2D eigenvalue weighted by atomic mass is 9.84. The van der Waals surface area contributed by atoms with Crippen LogP contribution in [0.5, 0.6) is 0 Å². The van der Waals surface area contributed by atoms with Crippen LogP contribution in [-0.2, 0) is 25.5 Å². The van der Waals surface area contributed by atoms with E-state index in [0.717, 1.165) is 76.1 Å². The van der Waals surface area contributed by atoms with E-state index in [-0.39, 0.29) is 29.2 Å². The molecule has 10 nitrogen and oxygen atoms in total. The molecule has 69 heavy (non-hydrogen) atoms. The molecule has 0 aromatic heterocycles. The van der Waals surface area contributed by atoms with Gasteiger partial charge in [0.05, 0.1) is 5.60 Å². The zero-order valence-electron chi connectivity index (χ0n) is 40.2. The van der Waals surface area contributed by atoms with Crippen LogP contribution in [-0.4, -0.2) is 94.0 Å². The molecule has 0 spiro atoms. The summed E-state index contributed by atoms with van der Waals surface area (Å²) in [5.41, 5.74) is 1.58. The van der Waals surface area contributed by atoms with Crippen LogP contribution >= 0.6 is 23.2 Å². The summed E-state index contributed by atoms with van der Waals surface area (Å²) in [6.07, 6.45) is 12.5. The van der Waals surface area contributed by atoms with Gasteiger partial charge in [-0.05, 0) is 136 Å². The smallest absolute Gasteiger partial charge is 0.332 e. The SMILES string of the molecule is CC(O)C(=O)O.CCCCCCCCCC(=O)OC1(c2ccc(Cl)cc2)CCN(CCCC(=O)c2ccc(F)cc2)CC1.O=C(CCCN1CCC(O)(c2ccc(Cl)cc2)CC1)c1ccc(F)cc1. The molecule has 0 amide bonds. The summed E-state index contributed by atoms with van der Waals surface area (Å²) in [6.45, 7) is 8.21. The number of aliphatic hydroxyl groups is 2. The molecule has 2 fully saturated rings. The van der Waals surface area contributed by atoms with Gasteiger partial charge in [0, 0.05) is 79.5 Å². The summed E-state index contributed by atoms with van der Waals surface area (Å²) in [4.78, 5) is 51.4. The molecule has 1 atom stereocenters. The number of likely N-dealkylation sites (tertiary alicyclic amines) is 2. The maximum atomic E-state index is 13.1. The number of hydrogen-bond donors (Lipinski definition) is 3. The standard InChI is InChI=1S/C31H41ClFNO3.C21H23ClFNO2.C3H6O3/c1-2-3-4-5-6-7-8-11-30(36)37-31(26-14-16-27(32)17-15-26)20-23-34(24-21-31)22-9-10-29(35)25-12-18-28(33)19-13-25;22-18-7-5-17(6-8-18)21(26)11-14-24(15-12-21)13-1-2-20(25)16-3-9-19(23)10-4-16;1-2(4)3(5)6/h12-19H,2-11,20-24H2,1H3;3-10,26H,1-2,11-15H2;2,4H,1H3,(H,5,6). The third kappa shape index (κ3) is 20.0. The Morgan fingerprint density at radius 2 is 0.986 bits per heavy atom. The average Bonchev–Trinajstić information content (AvgIpc) is 3.33. The van der Waals surface area contributed by atoms with E-state index in [2.05, 4.69) is 16.7 Å². The number of ketones is 2. The number of rotatable bonds is 22. The van der Waals surface area contributed by atoms with Crippen molar-refractivity contribution in [2.75, 3.05) is 39.3 Å². The van der Waals surface area contributed by atoms with E-state index in [4.69, 9.17) is 38.2 Å². The number of nitrogens with zero attached hydrogens (tertiary/aromatic N) is 2. The van der Waals surface area contributed by atoms with Gasteiger partial charge in [-0.2, -0.15) is 0 Å². The Bertz CT molecular complexity index is 2160. The normalized spacial score (nSPS) is 15.9. The van der Waals surface area contributed by atoms with E-state index in [1.54, 1.807) is 12.1 Å². The largest absolute Gasteiger partial charge is 0.479 e. The van der Waals surface area contributed by atoms with Gasteiger partial charge in [0.1, 0.15) is 23.3 Å². The molecule has 4 aromatic carbocycles. The number of carbonyl (C=O) groups is 4. The summed E-state index contributed by atoms with van der Waals surface area (Å²) in [5, 5.41) is 28.0. The fourth-order valence-electron chi connectivity index (χ4n) is 8.52. The second-order valence-corrected chi connectivity index (χ2v) is 19.0. The average molecular weight is 996 g/mol. The molecule has 376 valence electrons. The lowest BCUT2D eigenvalue weighted by Gasteiger charge is -2.41. The van der Waals surface area contributed by atoms with E-state index >= 15 is 0 Å². The fourth-order valence-corrected chi connectivity index (χ4v) is 8.77. The number of ether oxygens (including phenoxy) is 1. The Kier molecular flexibility index (Phi) is 24.4. The molecule has 4 aromatic rings. The number of carboxylic acid groups (broad SMARTS) is 1. The minimum atomic E-state index is -1.23. The van der Waals surface area contributed by atoms with Crippen LogP contribution in [0.4, 0.5) is 8.78 Å². The molecule has 2 aliphatic heterocycles. The van der Waals surface area contributed by atoms with Gasteiger partial charge in [0.15, 0.2) is 11.6 Å². The van der Waals surface area contributed by atoms with Crippen molar-refractivity contribution in [2.45, 2.75) is 134 Å². The molecular formula is C55H70Cl2F2N2O8. The Balaban J connectivity index is 0.000000281. The van der Waals surface area contributed by atoms with E-state index in [9.17, 15) is 33.1 Å². The molecule has 1 unspecified atom stereocenters. The third-order valence-electron chi connectivity index (χ3n) is 12.8. The van der Waals surface area contributed by atoms with Gasteiger partial charge in [-0.3, -0.25) is 14.4 Å². The van der Waals surface area contributed by atoms with Crippen molar-refractivity contribution in [1.29, 1.82) is 0 Å². The van der Waals surface area contributed by atoms with Crippen molar-refractivity contribution in [3.05, 3.63) is 141 Å². The minimum Gasteiger partial charge on any atom is -0.479 e. The molecule has 2 heterocycles. The number of Topliss-reactive ketones (excluding diaryl/α,β-unsaturated/α-hetero) is 2. The Morgan fingerprint density at radius 3 is 1.41 bits per heavy atom. The summed E-state index contributed by atoms with van der Waals surface area (Å²) in [6, 6.07) is 26.5. The number of aliphatic carboxylic acids is 1. The summed E-state index contributed by atoms with van der Waals surface area (Å²) >= 11 is 12.0. The molecule has 3 N–H and O–H groups in total. The highest BCUT2D eigenvalue weighted by atomic mass is 35.5. The molecule has 0 bridgehead atoms.